The van der Waals surface area contributed by atoms with Crippen LogP contribution in [0.3, 0.4) is 0 Å². The number of aryl methyl sites for hydroxylation is 6. The Labute approximate surface area is 316 Å². The molecular formula is C51H52N2. The van der Waals surface area contributed by atoms with E-state index >= 15 is 0 Å². The smallest absolute Gasteiger partial charge is 0.0619 e. The highest BCUT2D eigenvalue weighted by Crippen LogP contribution is 2.53. The highest BCUT2D eigenvalue weighted by Gasteiger charge is 2.37. The van der Waals surface area contributed by atoms with Crippen LogP contribution in [0.1, 0.15) is 78.8 Å². The summed E-state index contributed by atoms with van der Waals surface area (Å²) in [4.78, 5) is 5.15. The minimum atomic E-state index is 0.228. The highest BCUT2D eigenvalue weighted by molar-refractivity contribution is 6.23. The van der Waals surface area contributed by atoms with Crippen molar-refractivity contribution in [2.24, 2.45) is 11.3 Å². The van der Waals surface area contributed by atoms with Crippen molar-refractivity contribution in [1.29, 1.82) is 0 Å². The predicted octanol–water partition coefficient (Wildman–Crippen LogP) is 14.4. The Hall–Kier alpha value is -5.08. The molecule has 9 rings (SSSR count). The van der Waals surface area contributed by atoms with Crippen molar-refractivity contribution in [2.75, 3.05) is 9.80 Å². The Morgan fingerprint density at radius 2 is 1.06 bits per heavy atom. The highest BCUT2D eigenvalue weighted by atomic mass is 15.2. The lowest BCUT2D eigenvalue weighted by molar-refractivity contribution is 0.211. The molecule has 266 valence electrons. The summed E-state index contributed by atoms with van der Waals surface area (Å²) in [5, 5.41) is 5.04. The topological polar surface area (TPSA) is 6.48 Å². The van der Waals surface area contributed by atoms with Crippen molar-refractivity contribution in [2.45, 2.75) is 86.0 Å². The molecule has 0 bridgehead atoms. The molecule has 0 N–H and O–H groups in total. The third kappa shape index (κ3) is 5.88. The lowest BCUT2D eigenvalue weighted by Gasteiger charge is -2.42. The van der Waals surface area contributed by atoms with Crippen LogP contribution >= 0.6 is 0 Å². The van der Waals surface area contributed by atoms with Crippen molar-refractivity contribution in [3.8, 4) is 0 Å². The van der Waals surface area contributed by atoms with Crippen LogP contribution in [-0.2, 0) is 12.8 Å². The predicted molar refractivity (Wildman–Crippen MR) is 228 cm³/mol. The standard InChI is InChI=1S/C51H52N2/c1-34-21-24-41(30-36(34)3)52(43-26-23-38-14-6-7-15-39(38)32-43)49-45-17-8-10-19-47(45)50(48-20-11-9-18-46(48)49)53(42-25-22-35(2)37(4)31-42)44-27-29-51(5)28-13-12-16-40(51)33-44/h8-11,17-27,29-33,40H,6-7,12-16,28H2,1-5H3. The van der Waals surface area contributed by atoms with Gasteiger partial charge in [0.2, 0.25) is 0 Å². The van der Waals surface area contributed by atoms with Crippen LogP contribution in [-0.4, -0.2) is 0 Å². The van der Waals surface area contributed by atoms with Crippen LogP contribution in [0.5, 0.6) is 0 Å². The normalized spacial score (nSPS) is 19.5. The molecule has 3 aliphatic carbocycles. The van der Waals surface area contributed by atoms with Gasteiger partial charge in [0.25, 0.3) is 0 Å². The lowest BCUT2D eigenvalue weighted by Crippen LogP contribution is -2.32. The molecule has 0 radical (unpaired) electrons. The number of benzene rings is 6. The maximum absolute atomic E-state index is 2.61. The zero-order valence-electron chi connectivity index (χ0n) is 32.2. The molecule has 1 saturated carbocycles. The Morgan fingerprint density at radius 3 is 1.66 bits per heavy atom. The largest absolute Gasteiger partial charge is 0.310 e. The van der Waals surface area contributed by atoms with E-state index < -0.39 is 0 Å². The monoisotopic (exact) mass is 692 g/mol. The quantitative estimate of drug-likeness (QED) is 0.127. The maximum atomic E-state index is 2.61. The molecule has 53 heavy (non-hydrogen) atoms. The summed E-state index contributed by atoms with van der Waals surface area (Å²) in [7, 11) is 0. The molecule has 0 amide bonds. The SMILES string of the molecule is Cc1ccc(N(C2=CC3CCCCC3(C)C=C2)c2c3ccccc3c(N(c3ccc(C)c(C)c3)c3ccc4c(c3)CCCC4)c3ccccc23)cc1C. The van der Waals surface area contributed by atoms with Gasteiger partial charge in [0.15, 0.2) is 0 Å². The van der Waals surface area contributed by atoms with Crippen molar-refractivity contribution < 1.29 is 0 Å². The van der Waals surface area contributed by atoms with Gasteiger partial charge >= 0.3 is 0 Å². The summed E-state index contributed by atoms with van der Waals surface area (Å²) in [6.07, 6.45) is 17.6. The summed E-state index contributed by atoms with van der Waals surface area (Å²) in [5.74, 6) is 0.534. The number of fused-ring (bicyclic) bond motifs is 4. The van der Waals surface area contributed by atoms with E-state index in [1.165, 1.54) is 134 Å². The number of allylic oxidation sites excluding steroid dienone is 3. The molecule has 0 heterocycles. The molecule has 0 aromatic heterocycles. The van der Waals surface area contributed by atoms with Crippen molar-refractivity contribution >= 4 is 50.0 Å². The van der Waals surface area contributed by atoms with Crippen LogP contribution in [0.4, 0.5) is 28.4 Å². The number of hydrogen-bond acceptors (Lipinski definition) is 2. The summed E-state index contributed by atoms with van der Waals surface area (Å²) in [6, 6.07) is 39.6. The van der Waals surface area contributed by atoms with Gasteiger partial charge in [0.05, 0.1) is 11.4 Å². The molecule has 2 atom stereocenters. The first kappa shape index (κ1) is 33.7. The van der Waals surface area contributed by atoms with E-state index in [9.17, 15) is 0 Å². The van der Waals surface area contributed by atoms with Gasteiger partial charge < -0.3 is 9.80 Å². The second kappa shape index (κ2) is 13.4. The van der Waals surface area contributed by atoms with Crippen LogP contribution in [0.2, 0.25) is 0 Å². The number of anilines is 5. The fraction of sp³-hybridized carbons (Fsp3) is 0.294. The van der Waals surface area contributed by atoms with Crippen LogP contribution in [0.25, 0.3) is 21.5 Å². The molecule has 0 spiro atoms. The third-order valence-corrected chi connectivity index (χ3v) is 13.0. The van der Waals surface area contributed by atoms with E-state index in [-0.39, 0.29) is 5.41 Å². The van der Waals surface area contributed by atoms with Gasteiger partial charge in [-0.05, 0) is 153 Å². The molecule has 6 aromatic carbocycles. The Morgan fingerprint density at radius 1 is 0.528 bits per heavy atom. The van der Waals surface area contributed by atoms with Crippen molar-refractivity contribution in [1.82, 2.24) is 0 Å². The first-order valence-corrected chi connectivity index (χ1v) is 20.0. The van der Waals surface area contributed by atoms with Gasteiger partial charge in [-0.25, -0.2) is 0 Å². The van der Waals surface area contributed by atoms with E-state index in [4.69, 9.17) is 0 Å². The second-order valence-corrected chi connectivity index (χ2v) is 16.4. The molecule has 2 unspecified atom stereocenters. The number of rotatable bonds is 6. The summed E-state index contributed by atoms with van der Waals surface area (Å²) in [6.45, 7) is 11.4. The van der Waals surface area contributed by atoms with Crippen LogP contribution < -0.4 is 9.80 Å². The van der Waals surface area contributed by atoms with E-state index in [0.717, 1.165) is 6.42 Å². The molecule has 2 nitrogen and oxygen atoms in total. The zero-order chi connectivity index (χ0) is 36.3. The third-order valence-electron chi connectivity index (χ3n) is 13.0. The summed E-state index contributed by atoms with van der Waals surface area (Å²) in [5.41, 5.74) is 15.9. The van der Waals surface area contributed by atoms with E-state index in [2.05, 4.69) is 166 Å². The van der Waals surface area contributed by atoms with Gasteiger partial charge in [0, 0.05) is 44.3 Å². The average molecular weight is 693 g/mol. The van der Waals surface area contributed by atoms with Crippen LogP contribution in [0.15, 0.2) is 127 Å². The van der Waals surface area contributed by atoms with Crippen LogP contribution in [0, 0.1) is 39.0 Å². The first-order valence-electron chi connectivity index (χ1n) is 20.0. The Kier molecular flexibility index (Phi) is 8.53. The molecule has 6 aromatic rings. The Balaban J connectivity index is 1.35. The van der Waals surface area contributed by atoms with Crippen molar-refractivity contribution in [3.05, 3.63) is 160 Å². The fourth-order valence-corrected chi connectivity index (χ4v) is 9.52. The molecule has 0 aliphatic heterocycles. The molecule has 1 fully saturated rings. The van der Waals surface area contributed by atoms with E-state index in [1.807, 2.05) is 0 Å². The minimum absolute atomic E-state index is 0.228. The second-order valence-electron chi connectivity index (χ2n) is 16.4. The summed E-state index contributed by atoms with van der Waals surface area (Å²) < 4.78 is 0. The van der Waals surface area contributed by atoms with Crippen molar-refractivity contribution in [3.63, 3.8) is 0 Å². The fourth-order valence-electron chi connectivity index (χ4n) is 9.52. The van der Waals surface area contributed by atoms with Gasteiger partial charge in [-0.1, -0.05) is 98.6 Å². The zero-order valence-corrected chi connectivity index (χ0v) is 32.2. The van der Waals surface area contributed by atoms with Gasteiger partial charge in [-0.2, -0.15) is 0 Å². The maximum Gasteiger partial charge on any atom is 0.0619 e. The molecule has 2 heteroatoms. The number of nitrogens with zero attached hydrogens (tertiary/aromatic N) is 2. The first-order chi connectivity index (χ1) is 25.8. The Bertz CT molecular complexity index is 2390. The van der Waals surface area contributed by atoms with E-state index in [1.54, 1.807) is 0 Å². The summed E-state index contributed by atoms with van der Waals surface area (Å²) >= 11 is 0. The molecule has 3 aliphatic rings. The molecule has 0 saturated heterocycles. The minimum Gasteiger partial charge on any atom is -0.310 e. The molecular weight excluding hydrogens is 641 g/mol. The average Bonchev–Trinajstić information content (AvgIpc) is 3.18. The van der Waals surface area contributed by atoms with Gasteiger partial charge in [-0.15, -0.1) is 0 Å². The number of hydrogen-bond donors (Lipinski definition) is 0. The lowest BCUT2D eigenvalue weighted by atomic mass is 9.65. The van der Waals surface area contributed by atoms with E-state index in [0.29, 0.717) is 5.92 Å². The van der Waals surface area contributed by atoms with Gasteiger partial charge in [-0.3, -0.25) is 0 Å². The van der Waals surface area contributed by atoms with Gasteiger partial charge in [0.1, 0.15) is 0 Å².